The quantitative estimate of drug-likeness (QED) is 0.753. The van der Waals surface area contributed by atoms with Crippen molar-refractivity contribution in [1.29, 1.82) is 0 Å². The third-order valence-corrected chi connectivity index (χ3v) is 2.25. The van der Waals surface area contributed by atoms with E-state index in [1.54, 1.807) is 45.0 Å². The van der Waals surface area contributed by atoms with E-state index in [-0.39, 0.29) is 18.5 Å². The van der Waals surface area contributed by atoms with Crippen LogP contribution >= 0.6 is 0 Å². The lowest BCUT2D eigenvalue weighted by Crippen LogP contribution is -2.24. The van der Waals surface area contributed by atoms with Gasteiger partial charge in [0.05, 0.1) is 11.5 Å². The van der Waals surface area contributed by atoms with Crippen LogP contribution < -0.4 is 0 Å². The predicted octanol–water partition coefficient (Wildman–Crippen LogP) is 2.43. The molecule has 18 heavy (non-hydrogen) atoms. The van der Waals surface area contributed by atoms with Gasteiger partial charge in [-0.05, 0) is 19.1 Å². The van der Waals surface area contributed by atoms with Crippen LogP contribution in [-0.4, -0.2) is 24.6 Å². The molecule has 1 unspecified atom stereocenters. The van der Waals surface area contributed by atoms with Crippen LogP contribution in [0.25, 0.3) is 0 Å². The van der Waals surface area contributed by atoms with Crippen LogP contribution in [-0.2, 0) is 14.3 Å². The number of esters is 2. The molecule has 0 aromatic heterocycles. The molecule has 0 aliphatic heterocycles. The molecule has 0 spiro atoms. The van der Waals surface area contributed by atoms with E-state index < -0.39 is 12.1 Å². The number of carbonyl (C=O) groups excluding carboxylic acids is 2. The van der Waals surface area contributed by atoms with Gasteiger partial charge in [-0.1, -0.05) is 32.0 Å². The van der Waals surface area contributed by atoms with E-state index in [2.05, 4.69) is 0 Å². The molecular weight excluding hydrogens is 232 g/mol. The molecule has 0 saturated carbocycles. The van der Waals surface area contributed by atoms with Crippen molar-refractivity contribution in [2.45, 2.75) is 26.9 Å². The fraction of sp³-hybridized carbons (Fsp3) is 0.429. The van der Waals surface area contributed by atoms with Crippen LogP contribution in [0.2, 0.25) is 0 Å². The highest BCUT2D eigenvalue weighted by Gasteiger charge is 2.15. The van der Waals surface area contributed by atoms with Gasteiger partial charge in [0.1, 0.15) is 12.7 Å². The van der Waals surface area contributed by atoms with Crippen molar-refractivity contribution in [3.8, 4) is 0 Å². The minimum atomic E-state index is -0.458. The molecule has 0 aliphatic rings. The van der Waals surface area contributed by atoms with E-state index in [4.69, 9.17) is 9.47 Å². The number of hydrogen-bond donors (Lipinski definition) is 0. The first-order chi connectivity index (χ1) is 8.50. The standard InChI is InChI=1S/C14H18O4/c1-10(2)13(15)17-9-11(3)18-14(16)12-7-5-4-6-8-12/h4-8,10-11H,9H2,1-3H3. The van der Waals surface area contributed by atoms with Crippen molar-refractivity contribution in [3.05, 3.63) is 35.9 Å². The zero-order valence-electron chi connectivity index (χ0n) is 10.9. The van der Waals surface area contributed by atoms with Gasteiger partial charge in [0.2, 0.25) is 0 Å². The molecule has 0 heterocycles. The molecule has 0 bridgehead atoms. The van der Waals surface area contributed by atoms with Crippen LogP contribution in [0.15, 0.2) is 30.3 Å². The van der Waals surface area contributed by atoms with Crippen LogP contribution in [0.5, 0.6) is 0 Å². The minimum absolute atomic E-state index is 0.0790. The van der Waals surface area contributed by atoms with Crippen LogP contribution in [0.4, 0.5) is 0 Å². The van der Waals surface area contributed by atoms with Gasteiger partial charge in [-0.2, -0.15) is 0 Å². The van der Waals surface area contributed by atoms with Gasteiger partial charge in [0.25, 0.3) is 0 Å². The second-order valence-corrected chi connectivity index (χ2v) is 4.37. The number of ether oxygens (including phenoxy) is 2. The zero-order valence-corrected chi connectivity index (χ0v) is 10.9. The molecule has 0 saturated heterocycles. The third kappa shape index (κ3) is 4.57. The van der Waals surface area contributed by atoms with Gasteiger partial charge in [0.15, 0.2) is 0 Å². The average Bonchev–Trinajstić information content (AvgIpc) is 2.36. The van der Waals surface area contributed by atoms with Crippen molar-refractivity contribution in [2.75, 3.05) is 6.61 Å². The smallest absolute Gasteiger partial charge is 0.338 e. The maximum Gasteiger partial charge on any atom is 0.338 e. The van der Waals surface area contributed by atoms with Crippen LogP contribution in [0.1, 0.15) is 31.1 Å². The Morgan fingerprint density at radius 1 is 1.11 bits per heavy atom. The average molecular weight is 250 g/mol. The number of benzene rings is 1. The maximum absolute atomic E-state index is 11.7. The predicted molar refractivity (Wildman–Crippen MR) is 67.1 cm³/mol. The first-order valence-corrected chi connectivity index (χ1v) is 5.93. The lowest BCUT2D eigenvalue weighted by atomic mass is 10.2. The molecular formula is C14H18O4. The first kappa shape index (κ1) is 14.2. The van der Waals surface area contributed by atoms with Crippen LogP contribution in [0, 0.1) is 5.92 Å². The van der Waals surface area contributed by atoms with Crippen molar-refractivity contribution >= 4 is 11.9 Å². The summed E-state index contributed by atoms with van der Waals surface area (Å²) in [6.45, 7) is 5.27. The number of hydrogen-bond acceptors (Lipinski definition) is 4. The van der Waals surface area contributed by atoms with E-state index >= 15 is 0 Å². The van der Waals surface area contributed by atoms with E-state index in [0.29, 0.717) is 5.56 Å². The Balaban J connectivity index is 2.39. The first-order valence-electron chi connectivity index (χ1n) is 5.93. The molecule has 0 fully saturated rings. The Kier molecular flexibility index (Phi) is 5.36. The minimum Gasteiger partial charge on any atom is -0.462 e. The molecule has 0 aliphatic carbocycles. The van der Waals surface area contributed by atoms with Gasteiger partial charge in [-0.3, -0.25) is 4.79 Å². The summed E-state index contributed by atoms with van der Waals surface area (Å²) in [6, 6.07) is 8.70. The van der Waals surface area contributed by atoms with Crippen molar-refractivity contribution in [3.63, 3.8) is 0 Å². The van der Waals surface area contributed by atoms with Crippen molar-refractivity contribution in [2.24, 2.45) is 5.92 Å². The third-order valence-electron chi connectivity index (χ3n) is 2.25. The summed E-state index contributed by atoms with van der Waals surface area (Å²) in [5.41, 5.74) is 0.486. The summed E-state index contributed by atoms with van der Waals surface area (Å²) in [5, 5.41) is 0. The van der Waals surface area contributed by atoms with Crippen LogP contribution in [0.3, 0.4) is 0 Å². The van der Waals surface area contributed by atoms with Gasteiger partial charge >= 0.3 is 11.9 Å². The van der Waals surface area contributed by atoms with Gasteiger partial charge in [-0.15, -0.1) is 0 Å². The summed E-state index contributed by atoms with van der Waals surface area (Å²) >= 11 is 0. The van der Waals surface area contributed by atoms with Gasteiger partial charge in [0, 0.05) is 0 Å². The molecule has 1 rings (SSSR count). The highest BCUT2D eigenvalue weighted by molar-refractivity contribution is 5.89. The molecule has 4 heteroatoms. The molecule has 4 nitrogen and oxygen atoms in total. The van der Waals surface area contributed by atoms with Crippen molar-refractivity contribution < 1.29 is 19.1 Å². The molecule has 0 radical (unpaired) electrons. The maximum atomic E-state index is 11.7. The Morgan fingerprint density at radius 2 is 1.72 bits per heavy atom. The highest BCUT2D eigenvalue weighted by Crippen LogP contribution is 2.05. The fourth-order valence-corrected chi connectivity index (χ4v) is 1.23. The molecule has 0 N–H and O–H groups in total. The highest BCUT2D eigenvalue weighted by atomic mass is 16.6. The summed E-state index contributed by atoms with van der Waals surface area (Å²) in [6.07, 6.45) is -0.458. The van der Waals surface area contributed by atoms with Crippen molar-refractivity contribution in [1.82, 2.24) is 0 Å². The SMILES string of the molecule is CC(COC(=O)C(C)C)OC(=O)c1ccccc1. The Bertz CT molecular complexity index is 398. The van der Waals surface area contributed by atoms with Gasteiger partial charge < -0.3 is 9.47 Å². The normalized spacial score (nSPS) is 12.0. The molecule has 1 atom stereocenters. The fourth-order valence-electron chi connectivity index (χ4n) is 1.23. The summed E-state index contributed by atoms with van der Waals surface area (Å²) in [4.78, 5) is 22.9. The molecule has 98 valence electrons. The Labute approximate surface area is 107 Å². The van der Waals surface area contributed by atoms with E-state index in [0.717, 1.165) is 0 Å². The van der Waals surface area contributed by atoms with Gasteiger partial charge in [-0.25, -0.2) is 4.79 Å². The lowest BCUT2D eigenvalue weighted by molar-refractivity contribution is -0.150. The Morgan fingerprint density at radius 3 is 2.28 bits per heavy atom. The van der Waals surface area contributed by atoms with E-state index in [1.165, 1.54) is 0 Å². The zero-order chi connectivity index (χ0) is 13.5. The summed E-state index contributed by atoms with van der Waals surface area (Å²) < 4.78 is 10.1. The second kappa shape index (κ2) is 6.79. The summed E-state index contributed by atoms with van der Waals surface area (Å²) in [7, 11) is 0. The van der Waals surface area contributed by atoms with E-state index in [9.17, 15) is 9.59 Å². The largest absolute Gasteiger partial charge is 0.462 e. The topological polar surface area (TPSA) is 52.6 Å². The number of rotatable bonds is 5. The summed E-state index contributed by atoms with van der Waals surface area (Å²) in [5.74, 6) is -0.886. The monoisotopic (exact) mass is 250 g/mol. The molecule has 1 aromatic carbocycles. The molecule has 1 aromatic rings. The number of carbonyl (C=O) groups is 2. The Hall–Kier alpha value is -1.84. The second-order valence-electron chi connectivity index (χ2n) is 4.37. The van der Waals surface area contributed by atoms with E-state index in [1.807, 2.05) is 6.07 Å². The lowest BCUT2D eigenvalue weighted by Gasteiger charge is -2.14. The molecule has 0 amide bonds.